The molecule has 0 aliphatic heterocycles. The maximum atomic E-state index is 13.2. The Morgan fingerprint density at radius 1 is 1.65 bits per heavy atom. The number of carbonyl (C=O) groups excluding carboxylic acids is 1. The van der Waals surface area contributed by atoms with E-state index in [1.807, 2.05) is 0 Å². The van der Waals surface area contributed by atoms with Gasteiger partial charge in [0.15, 0.2) is 5.69 Å². The summed E-state index contributed by atoms with van der Waals surface area (Å²) in [6.45, 7) is 1.55. The van der Waals surface area contributed by atoms with E-state index in [-0.39, 0.29) is 6.61 Å². The number of hydrogen-bond donors (Lipinski definition) is 0. The Balaban J connectivity index is 3.28. The van der Waals surface area contributed by atoms with Crippen LogP contribution in [0.3, 0.4) is 0 Å². The fourth-order valence-electron chi connectivity index (χ4n) is 1.13. The Kier molecular flexibility index (Phi) is 4.04. The predicted octanol–water partition coefficient (Wildman–Crippen LogP) is 2.21. The highest BCUT2D eigenvalue weighted by Gasteiger charge is 2.23. The van der Waals surface area contributed by atoms with Gasteiger partial charge in [-0.2, -0.15) is 9.65 Å². The number of alkyl halides is 2. The summed E-state index contributed by atoms with van der Waals surface area (Å²) in [7, 11) is 0. The summed E-state index contributed by atoms with van der Waals surface area (Å²) >= 11 is 0. The molecule has 1 aromatic heterocycles. The molecule has 0 radical (unpaired) electrons. The Bertz CT molecular complexity index is 483. The smallest absolute Gasteiger partial charge is 0.357 e. The molecule has 0 saturated carbocycles. The molecule has 1 aromatic rings. The third-order valence-electron chi connectivity index (χ3n) is 1.84. The van der Waals surface area contributed by atoms with Crippen LogP contribution in [-0.4, -0.2) is 17.6 Å². The lowest BCUT2D eigenvalue weighted by Crippen LogP contribution is -2.11. The first kappa shape index (κ1) is 13.0. The highest BCUT2D eigenvalue weighted by Crippen LogP contribution is 2.25. The molecule has 1 heterocycles. The number of nitrogens with zero attached hydrogens (tertiary/aromatic N) is 2. The lowest BCUT2D eigenvalue weighted by molar-refractivity contribution is 0.0517. The van der Waals surface area contributed by atoms with Crippen molar-refractivity contribution in [2.75, 3.05) is 6.61 Å². The standard InChI is InChI=1S/C10H7F3N2O2/c1-2-17-10(16)6-3-5(4-14)7(8(11)12)9(13)15-6/h3,8H,2H2,1H3. The molecule has 4 nitrogen and oxygen atoms in total. The van der Waals surface area contributed by atoms with Gasteiger partial charge in [-0.1, -0.05) is 0 Å². The predicted molar refractivity (Wildman–Crippen MR) is 49.8 cm³/mol. The van der Waals surface area contributed by atoms with Gasteiger partial charge in [-0.05, 0) is 13.0 Å². The van der Waals surface area contributed by atoms with Crippen LogP contribution in [-0.2, 0) is 4.74 Å². The minimum absolute atomic E-state index is 0.0284. The van der Waals surface area contributed by atoms with Gasteiger partial charge in [0.2, 0.25) is 5.95 Å². The number of aromatic nitrogens is 1. The molecular formula is C10H7F3N2O2. The second-order valence-electron chi connectivity index (χ2n) is 2.89. The molecule has 17 heavy (non-hydrogen) atoms. The maximum Gasteiger partial charge on any atom is 0.357 e. The fraction of sp³-hybridized carbons (Fsp3) is 0.300. The van der Waals surface area contributed by atoms with E-state index in [0.29, 0.717) is 0 Å². The Morgan fingerprint density at radius 3 is 2.76 bits per heavy atom. The van der Waals surface area contributed by atoms with Gasteiger partial charge < -0.3 is 4.74 Å². The summed E-state index contributed by atoms with van der Waals surface area (Å²) in [6.07, 6.45) is -3.17. The van der Waals surface area contributed by atoms with Gasteiger partial charge in [-0.15, -0.1) is 0 Å². The van der Waals surface area contributed by atoms with Crippen molar-refractivity contribution in [2.24, 2.45) is 0 Å². The molecule has 0 amide bonds. The molecule has 0 bridgehead atoms. The van der Waals surface area contributed by atoms with E-state index in [0.717, 1.165) is 6.07 Å². The van der Waals surface area contributed by atoms with Crippen molar-refractivity contribution in [3.63, 3.8) is 0 Å². The number of hydrogen-bond acceptors (Lipinski definition) is 4. The van der Waals surface area contributed by atoms with Crippen LogP contribution in [0.1, 0.15) is 35.0 Å². The fourth-order valence-corrected chi connectivity index (χ4v) is 1.13. The van der Waals surface area contributed by atoms with Gasteiger partial charge in [0.25, 0.3) is 6.43 Å². The van der Waals surface area contributed by atoms with Crippen LogP contribution in [0.5, 0.6) is 0 Å². The second kappa shape index (κ2) is 5.30. The average molecular weight is 244 g/mol. The molecule has 0 unspecified atom stereocenters. The first-order valence-corrected chi connectivity index (χ1v) is 4.57. The number of pyridine rings is 1. The van der Waals surface area contributed by atoms with Gasteiger partial charge in [0.05, 0.1) is 23.8 Å². The summed E-state index contributed by atoms with van der Waals surface area (Å²) in [6, 6.07) is 2.17. The molecule has 90 valence electrons. The lowest BCUT2D eigenvalue weighted by atomic mass is 10.1. The normalized spacial score (nSPS) is 10.1. The topological polar surface area (TPSA) is 63.0 Å². The largest absolute Gasteiger partial charge is 0.461 e. The number of halogens is 3. The first-order chi connectivity index (χ1) is 8.01. The summed E-state index contributed by atoms with van der Waals surface area (Å²) in [5.74, 6) is -2.51. The average Bonchev–Trinajstić information content (AvgIpc) is 2.27. The van der Waals surface area contributed by atoms with E-state index >= 15 is 0 Å². The molecule has 0 aromatic carbocycles. The minimum Gasteiger partial charge on any atom is -0.461 e. The minimum atomic E-state index is -3.17. The molecule has 0 aliphatic rings. The highest BCUT2D eigenvalue weighted by atomic mass is 19.3. The van der Waals surface area contributed by atoms with E-state index in [4.69, 9.17) is 5.26 Å². The Hall–Kier alpha value is -2.10. The molecule has 0 spiro atoms. The third kappa shape index (κ3) is 2.72. The van der Waals surface area contributed by atoms with E-state index in [2.05, 4.69) is 9.72 Å². The maximum absolute atomic E-state index is 13.2. The molecule has 0 saturated heterocycles. The quantitative estimate of drug-likeness (QED) is 0.604. The van der Waals surface area contributed by atoms with Crippen molar-refractivity contribution >= 4 is 5.97 Å². The SMILES string of the molecule is CCOC(=O)c1cc(C#N)c(C(F)F)c(F)n1. The van der Waals surface area contributed by atoms with Crippen molar-refractivity contribution in [1.82, 2.24) is 4.98 Å². The molecule has 0 aliphatic carbocycles. The molecule has 0 N–H and O–H groups in total. The molecule has 7 heteroatoms. The summed E-state index contributed by atoms with van der Waals surface area (Å²) < 4.78 is 42.5. The third-order valence-corrected chi connectivity index (χ3v) is 1.84. The van der Waals surface area contributed by atoms with Gasteiger partial charge in [0, 0.05) is 0 Å². The zero-order valence-corrected chi connectivity index (χ0v) is 8.71. The number of rotatable bonds is 3. The van der Waals surface area contributed by atoms with Crippen molar-refractivity contribution < 1.29 is 22.7 Å². The van der Waals surface area contributed by atoms with E-state index in [9.17, 15) is 18.0 Å². The summed E-state index contributed by atoms with van der Waals surface area (Å²) in [5, 5.41) is 8.60. The van der Waals surface area contributed by atoms with E-state index in [1.54, 1.807) is 0 Å². The zero-order valence-electron chi connectivity index (χ0n) is 8.71. The molecule has 1 rings (SSSR count). The lowest BCUT2D eigenvalue weighted by Gasteiger charge is -2.06. The van der Waals surface area contributed by atoms with Gasteiger partial charge in [0.1, 0.15) is 0 Å². The Labute approximate surface area is 94.6 Å². The van der Waals surface area contributed by atoms with Gasteiger partial charge >= 0.3 is 5.97 Å². The number of esters is 1. The highest BCUT2D eigenvalue weighted by molar-refractivity contribution is 5.87. The van der Waals surface area contributed by atoms with Gasteiger partial charge in [-0.3, -0.25) is 0 Å². The van der Waals surface area contributed by atoms with Crippen LogP contribution in [0.15, 0.2) is 6.07 Å². The van der Waals surface area contributed by atoms with Crippen LogP contribution in [0, 0.1) is 17.3 Å². The van der Waals surface area contributed by atoms with Crippen LogP contribution < -0.4 is 0 Å². The zero-order chi connectivity index (χ0) is 13.0. The Morgan fingerprint density at radius 2 is 2.29 bits per heavy atom. The van der Waals surface area contributed by atoms with Gasteiger partial charge in [-0.25, -0.2) is 18.6 Å². The first-order valence-electron chi connectivity index (χ1n) is 4.57. The van der Waals surface area contributed by atoms with Crippen molar-refractivity contribution in [2.45, 2.75) is 13.3 Å². The number of carbonyl (C=O) groups is 1. The molecule has 0 fully saturated rings. The molecule has 0 atom stereocenters. The van der Waals surface area contributed by atoms with Crippen molar-refractivity contribution in [1.29, 1.82) is 5.26 Å². The second-order valence-corrected chi connectivity index (χ2v) is 2.89. The van der Waals surface area contributed by atoms with Crippen LogP contribution >= 0.6 is 0 Å². The van der Waals surface area contributed by atoms with Crippen LogP contribution in [0.4, 0.5) is 13.2 Å². The van der Waals surface area contributed by atoms with Crippen molar-refractivity contribution in [3.05, 3.63) is 28.8 Å². The molecular weight excluding hydrogens is 237 g/mol. The number of nitriles is 1. The van der Waals surface area contributed by atoms with E-state index in [1.165, 1.54) is 13.0 Å². The number of ether oxygens (including phenoxy) is 1. The van der Waals surface area contributed by atoms with E-state index < -0.39 is 35.2 Å². The van der Waals surface area contributed by atoms with Crippen LogP contribution in [0.2, 0.25) is 0 Å². The monoisotopic (exact) mass is 244 g/mol. The van der Waals surface area contributed by atoms with Crippen molar-refractivity contribution in [3.8, 4) is 6.07 Å². The summed E-state index contributed by atoms with van der Waals surface area (Å²) in [5.41, 5.74) is -2.25. The summed E-state index contributed by atoms with van der Waals surface area (Å²) in [4.78, 5) is 14.2. The van der Waals surface area contributed by atoms with Crippen LogP contribution in [0.25, 0.3) is 0 Å².